The summed E-state index contributed by atoms with van der Waals surface area (Å²) in [5.41, 5.74) is 0.277. The van der Waals surface area contributed by atoms with Gasteiger partial charge in [0.25, 0.3) is 6.47 Å². The maximum atomic E-state index is 9.88. The molecular weight excluding hydrogens is 238 g/mol. The third-order valence-electron chi connectivity index (χ3n) is 1.14. The molecule has 0 aliphatic carbocycles. The van der Waals surface area contributed by atoms with E-state index in [1.165, 1.54) is 0 Å². The summed E-state index contributed by atoms with van der Waals surface area (Å²) in [7, 11) is 0. The number of rotatable bonds is 3. The van der Waals surface area contributed by atoms with Crippen LogP contribution < -0.4 is 0 Å². The second-order valence-corrected chi connectivity index (χ2v) is 3.03. The molecule has 0 unspecified atom stereocenters. The molecule has 1 aromatic rings. The zero-order chi connectivity index (χ0) is 9.84. The van der Waals surface area contributed by atoms with Crippen LogP contribution in [-0.4, -0.2) is 16.4 Å². The Hall–Kier alpha value is -0.580. The summed E-state index contributed by atoms with van der Waals surface area (Å²) in [4.78, 5) is 17.2. The van der Waals surface area contributed by atoms with Crippen molar-refractivity contribution in [3.63, 3.8) is 0 Å². The topological polar surface area (TPSA) is 52.1 Å². The van der Waals surface area contributed by atoms with Crippen molar-refractivity contribution < 1.29 is 9.53 Å². The summed E-state index contributed by atoms with van der Waals surface area (Å²) in [6, 6.07) is 0. The van der Waals surface area contributed by atoms with E-state index in [0.717, 1.165) is 0 Å². The predicted octanol–water partition coefficient (Wildman–Crippen LogP) is 2.11. The van der Waals surface area contributed by atoms with E-state index in [1.54, 1.807) is 0 Å². The van der Waals surface area contributed by atoms with E-state index < -0.39 is 0 Å². The average molecular weight is 241 g/mol. The Morgan fingerprint density at radius 3 is 2.62 bits per heavy atom. The number of hydrogen-bond acceptors (Lipinski definition) is 4. The summed E-state index contributed by atoms with van der Waals surface area (Å²) in [5.74, 6) is 0. The summed E-state index contributed by atoms with van der Waals surface area (Å²) in [6.45, 7) is 0.199. The minimum atomic E-state index is -0.0791. The van der Waals surface area contributed by atoms with Gasteiger partial charge >= 0.3 is 0 Å². The van der Waals surface area contributed by atoms with Gasteiger partial charge in [-0.2, -0.15) is 0 Å². The van der Waals surface area contributed by atoms with Crippen molar-refractivity contribution in [2.24, 2.45) is 0 Å². The highest BCUT2D eigenvalue weighted by molar-refractivity contribution is 6.42. The van der Waals surface area contributed by atoms with Crippen molar-refractivity contribution >= 4 is 41.3 Å². The van der Waals surface area contributed by atoms with E-state index in [9.17, 15) is 4.79 Å². The van der Waals surface area contributed by atoms with Crippen molar-refractivity contribution in [1.82, 2.24) is 9.97 Å². The lowest BCUT2D eigenvalue weighted by Crippen LogP contribution is -1.98. The smallest absolute Gasteiger partial charge is 0.293 e. The Morgan fingerprint density at radius 1 is 1.31 bits per heavy atom. The van der Waals surface area contributed by atoms with E-state index in [-0.39, 0.29) is 34.2 Å². The zero-order valence-electron chi connectivity index (χ0n) is 6.13. The molecule has 0 fully saturated rings. The molecule has 13 heavy (non-hydrogen) atoms. The van der Waals surface area contributed by atoms with Crippen molar-refractivity contribution in [2.45, 2.75) is 6.61 Å². The lowest BCUT2D eigenvalue weighted by atomic mass is 10.4. The van der Waals surface area contributed by atoms with E-state index in [0.29, 0.717) is 0 Å². The molecule has 4 nitrogen and oxygen atoms in total. The average Bonchev–Trinajstić information content (AvgIpc) is 2.09. The molecule has 0 amide bonds. The highest BCUT2D eigenvalue weighted by atomic mass is 35.5. The Morgan fingerprint density at radius 2 is 2.00 bits per heavy atom. The van der Waals surface area contributed by atoms with Crippen LogP contribution in [0, 0.1) is 0 Å². The molecule has 7 heteroatoms. The molecule has 0 aliphatic heterocycles. The van der Waals surface area contributed by atoms with Crippen molar-refractivity contribution in [3.05, 3.63) is 21.2 Å². The standard InChI is InChI=1S/C6H3Cl3N2O2/c7-4-3(1-13-2-12)10-6(9)11-5(4)8/h2H,1H2. The fraction of sp³-hybridized carbons (Fsp3) is 0.167. The highest BCUT2D eigenvalue weighted by Gasteiger charge is 2.10. The lowest BCUT2D eigenvalue weighted by molar-refractivity contribution is -0.129. The first kappa shape index (κ1) is 10.5. The maximum Gasteiger partial charge on any atom is 0.293 e. The first-order valence-corrected chi connectivity index (χ1v) is 4.21. The Labute approximate surface area is 88.8 Å². The second-order valence-electron chi connectivity index (χ2n) is 1.95. The van der Waals surface area contributed by atoms with Gasteiger partial charge < -0.3 is 4.74 Å². The molecule has 0 spiro atoms. The molecule has 70 valence electrons. The van der Waals surface area contributed by atoms with Crippen molar-refractivity contribution in [2.75, 3.05) is 0 Å². The van der Waals surface area contributed by atoms with Crippen LogP contribution in [0.5, 0.6) is 0 Å². The molecule has 1 aromatic heterocycles. The van der Waals surface area contributed by atoms with Crippen LogP contribution in [0.15, 0.2) is 0 Å². The highest BCUT2D eigenvalue weighted by Crippen LogP contribution is 2.24. The summed E-state index contributed by atoms with van der Waals surface area (Å²) >= 11 is 16.8. The van der Waals surface area contributed by atoms with Gasteiger partial charge in [0, 0.05) is 0 Å². The number of ether oxygens (including phenoxy) is 1. The van der Waals surface area contributed by atoms with Gasteiger partial charge in [-0.05, 0) is 11.6 Å². The number of carbonyl (C=O) groups excluding carboxylic acids is 1. The van der Waals surface area contributed by atoms with Gasteiger partial charge in [-0.3, -0.25) is 4.79 Å². The van der Waals surface area contributed by atoms with E-state index in [2.05, 4.69) is 14.7 Å². The van der Waals surface area contributed by atoms with Gasteiger partial charge in [-0.15, -0.1) is 0 Å². The molecule has 0 bridgehead atoms. The zero-order valence-corrected chi connectivity index (χ0v) is 8.40. The van der Waals surface area contributed by atoms with Gasteiger partial charge in [0.15, 0.2) is 5.15 Å². The lowest BCUT2D eigenvalue weighted by Gasteiger charge is -2.02. The molecule has 0 aliphatic rings. The minimum Gasteiger partial charge on any atom is -0.461 e. The molecule has 0 N–H and O–H groups in total. The van der Waals surface area contributed by atoms with Crippen molar-refractivity contribution in [3.8, 4) is 0 Å². The molecule has 0 aromatic carbocycles. The SMILES string of the molecule is O=COCc1nc(Cl)nc(Cl)c1Cl. The van der Waals surface area contributed by atoms with E-state index >= 15 is 0 Å². The normalized spacial score (nSPS) is 9.77. The monoisotopic (exact) mass is 240 g/mol. The van der Waals surface area contributed by atoms with E-state index in [4.69, 9.17) is 34.8 Å². The third-order valence-corrected chi connectivity index (χ3v) is 2.08. The van der Waals surface area contributed by atoms with Gasteiger partial charge in [-0.25, -0.2) is 9.97 Å². The number of hydrogen-bond donors (Lipinski definition) is 0. The fourth-order valence-electron chi connectivity index (χ4n) is 0.643. The molecular formula is C6H3Cl3N2O2. The number of nitrogens with zero attached hydrogens (tertiary/aromatic N) is 2. The van der Waals surface area contributed by atoms with Crippen LogP contribution in [0.4, 0.5) is 0 Å². The molecule has 1 rings (SSSR count). The first-order valence-electron chi connectivity index (χ1n) is 3.08. The van der Waals surface area contributed by atoms with Crippen LogP contribution in [0.25, 0.3) is 0 Å². The maximum absolute atomic E-state index is 9.88. The number of aromatic nitrogens is 2. The van der Waals surface area contributed by atoms with Gasteiger partial charge in [0.1, 0.15) is 17.3 Å². The predicted molar refractivity (Wildman–Crippen MR) is 47.9 cm³/mol. The van der Waals surface area contributed by atoms with Crippen LogP contribution in [-0.2, 0) is 16.1 Å². The molecule has 0 atom stereocenters. The van der Waals surface area contributed by atoms with E-state index in [1.807, 2.05) is 0 Å². The van der Waals surface area contributed by atoms with Crippen LogP contribution in [0.1, 0.15) is 5.69 Å². The van der Waals surface area contributed by atoms with Gasteiger partial charge in [0.05, 0.1) is 0 Å². The Balaban J connectivity index is 2.98. The Bertz CT molecular complexity index is 332. The summed E-state index contributed by atoms with van der Waals surface area (Å²) < 4.78 is 4.44. The van der Waals surface area contributed by atoms with Crippen LogP contribution in [0.3, 0.4) is 0 Å². The Kier molecular flexibility index (Phi) is 3.71. The molecule has 1 heterocycles. The van der Waals surface area contributed by atoms with Gasteiger partial charge in [0.2, 0.25) is 5.28 Å². The van der Waals surface area contributed by atoms with Crippen LogP contribution in [0.2, 0.25) is 15.5 Å². The van der Waals surface area contributed by atoms with Crippen molar-refractivity contribution in [1.29, 1.82) is 0 Å². The minimum absolute atomic E-state index is 0.0335. The van der Waals surface area contributed by atoms with Crippen LogP contribution >= 0.6 is 34.8 Å². The first-order chi connectivity index (χ1) is 6.15. The number of halogens is 3. The second kappa shape index (κ2) is 4.60. The number of carbonyl (C=O) groups is 1. The largest absolute Gasteiger partial charge is 0.461 e. The summed E-state index contributed by atoms with van der Waals surface area (Å²) in [6.07, 6.45) is 0. The molecule has 0 radical (unpaired) electrons. The quantitative estimate of drug-likeness (QED) is 0.462. The fourth-order valence-corrected chi connectivity index (χ4v) is 1.20. The third kappa shape index (κ3) is 2.69. The molecule has 0 saturated carbocycles. The summed E-state index contributed by atoms with van der Waals surface area (Å²) in [5, 5.41) is 0.123. The molecule has 0 saturated heterocycles. The van der Waals surface area contributed by atoms with Gasteiger partial charge in [-0.1, -0.05) is 23.2 Å².